The molecule has 0 aliphatic carbocycles. The third kappa shape index (κ3) is 7.54. The van der Waals surface area contributed by atoms with Gasteiger partial charge in [-0.05, 0) is 50.6 Å². The molecule has 3 rings (SSSR count). The minimum absolute atomic E-state index is 0. The molecule has 30 heavy (non-hydrogen) atoms. The van der Waals surface area contributed by atoms with Crippen LogP contribution in [0.25, 0.3) is 0 Å². The molecule has 2 aromatic carbocycles. The van der Waals surface area contributed by atoms with Crippen LogP contribution in [0.1, 0.15) is 37.4 Å². The van der Waals surface area contributed by atoms with Crippen LogP contribution in [0.5, 0.6) is 11.5 Å². The Balaban J connectivity index is 0.00000225. The maximum atomic E-state index is 12.6. The van der Waals surface area contributed by atoms with E-state index in [1.807, 2.05) is 32.0 Å². The molecule has 0 radical (unpaired) electrons. The van der Waals surface area contributed by atoms with Gasteiger partial charge in [0.25, 0.3) is 0 Å². The summed E-state index contributed by atoms with van der Waals surface area (Å²) in [6, 6.07) is 14.6. The van der Waals surface area contributed by atoms with Gasteiger partial charge in [0.15, 0.2) is 0 Å². The third-order valence-corrected chi connectivity index (χ3v) is 4.56. The number of rotatable bonds is 7. The fourth-order valence-corrected chi connectivity index (χ4v) is 3.43. The molecule has 0 aromatic heterocycles. The zero-order valence-corrected chi connectivity index (χ0v) is 18.4. The van der Waals surface area contributed by atoms with Crippen molar-refractivity contribution in [2.45, 2.75) is 51.4 Å². The highest BCUT2D eigenvalue weighted by atomic mass is 35.5. The molecule has 2 unspecified atom stereocenters. The Bertz CT molecular complexity index is 777. The second-order valence-corrected chi connectivity index (χ2v) is 7.10. The lowest BCUT2D eigenvalue weighted by atomic mass is 10.0. The maximum Gasteiger partial charge on any atom is 0.573 e. The van der Waals surface area contributed by atoms with Crippen LogP contribution in [0.15, 0.2) is 48.5 Å². The van der Waals surface area contributed by atoms with Crippen LogP contribution in [-0.2, 0) is 6.54 Å². The predicted octanol–water partition coefficient (Wildman–Crippen LogP) is 5.41. The Hall–Kier alpha value is -1.67. The van der Waals surface area contributed by atoms with Crippen molar-refractivity contribution in [3.63, 3.8) is 0 Å². The van der Waals surface area contributed by atoms with Crippen molar-refractivity contribution in [1.82, 2.24) is 10.6 Å². The smallest absolute Gasteiger partial charge is 0.491 e. The number of hydrogen-bond donors (Lipinski definition) is 2. The van der Waals surface area contributed by atoms with Gasteiger partial charge in [0, 0.05) is 24.2 Å². The Morgan fingerprint density at radius 2 is 1.80 bits per heavy atom. The zero-order chi connectivity index (χ0) is 20.1. The van der Waals surface area contributed by atoms with Crippen LogP contribution in [0.3, 0.4) is 0 Å². The lowest BCUT2D eigenvalue weighted by Crippen LogP contribution is -2.34. The van der Waals surface area contributed by atoms with Crippen molar-refractivity contribution < 1.29 is 22.6 Å². The molecule has 0 saturated carbocycles. The van der Waals surface area contributed by atoms with Gasteiger partial charge in [0.2, 0.25) is 0 Å². The summed E-state index contributed by atoms with van der Waals surface area (Å²) in [6.45, 7) is 5.02. The lowest BCUT2D eigenvalue weighted by Gasteiger charge is -2.23. The summed E-state index contributed by atoms with van der Waals surface area (Å²) in [4.78, 5) is 0. The number of benzene rings is 2. The summed E-state index contributed by atoms with van der Waals surface area (Å²) >= 11 is 0. The molecule has 2 atom stereocenters. The maximum absolute atomic E-state index is 12.6. The molecule has 2 aromatic rings. The zero-order valence-electron chi connectivity index (χ0n) is 16.7. The number of ether oxygens (including phenoxy) is 2. The molecule has 9 heteroatoms. The summed E-state index contributed by atoms with van der Waals surface area (Å²) in [5.41, 5.74) is 1.82. The third-order valence-electron chi connectivity index (χ3n) is 4.56. The first kappa shape index (κ1) is 26.4. The summed E-state index contributed by atoms with van der Waals surface area (Å²) in [6.07, 6.45) is -3.88. The highest BCUT2D eigenvalue weighted by Gasteiger charge is 2.32. The van der Waals surface area contributed by atoms with Crippen LogP contribution in [0.2, 0.25) is 0 Å². The molecule has 1 saturated heterocycles. The SMILES string of the molecule is CC(C)Oc1ccc(OC(F)(F)F)cc1CNC1CCNC1c1ccccc1.Cl.Cl. The molecule has 0 spiro atoms. The first-order valence-corrected chi connectivity index (χ1v) is 9.39. The second-order valence-electron chi connectivity index (χ2n) is 7.10. The molecule has 0 bridgehead atoms. The normalized spacial score (nSPS) is 18.5. The van der Waals surface area contributed by atoms with E-state index in [9.17, 15) is 13.2 Å². The van der Waals surface area contributed by atoms with Gasteiger partial charge in [0.05, 0.1) is 6.10 Å². The topological polar surface area (TPSA) is 42.5 Å². The van der Waals surface area contributed by atoms with Crippen LogP contribution < -0.4 is 20.1 Å². The van der Waals surface area contributed by atoms with Crippen LogP contribution in [0.4, 0.5) is 13.2 Å². The summed E-state index contributed by atoms with van der Waals surface area (Å²) < 4.78 is 47.6. The van der Waals surface area contributed by atoms with E-state index in [1.54, 1.807) is 0 Å². The number of halogens is 5. The van der Waals surface area contributed by atoms with Gasteiger partial charge in [0.1, 0.15) is 11.5 Å². The summed E-state index contributed by atoms with van der Waals surface area (Å²) in [5.74, 6) is 0.309. The largest absolute Gasteiger partial charge is 0.573 e. The Morgan fingerprint density at radius 3 is 2.43 bits per heavy atom. The summed E-state index contributed by atoms with van der Waals surface area (Å²) in [5, 5.41) is 6.95. The van der Waals surface area contributed by atoms with Gasteiger partial charge in [-0.2, -0.15) is 0 Å². The standard InChI is InChI=1S/C21H25F3N2O2.2ClH/c1-14(2)27-19-9-8-17(28-21(22,23)24)12-16(19)13-26-18-10-11-25-20(18)15-6-4-3-5-7-15;;/h3-9,12,14,18,20,25-26H,10-11,13H2,1-2H3;2*1H. The van der Waals surface area contributed by atoms with Crippen molar-refractivity contribution in [2.75, 3.05) is 6.54 Å². The molecule has 1 heterocycles. The van der Waals surface area contributed by atoms with E-state index in [-0.39, 0.29) is 48.8 Å². The minimum Gasteiger partial charge on any atom is -0.491 e. The average molecular weight is 467 g/mol. The van der Waals surface area contributed by atoms with Gasteiger partial charge in [-0.1, -0.05) is 30.3 Å². The van der Waals surface area contributed by atoms with Crippen molar-refractivity contribution >= 4 is 24.8 Å². The average Bonchev–Trinajstić information content (AvgIpc) is 3.09. The molecule has 0 amide bonds. The van der Waals surface area contributed by atoms with Crippen LogP contribution in [0, 0.1) is 0 Å². The van der Waals surface area contributed by atoms with Crippen LogP contribution >= 0.6 is 24.8 Å². The van der Waals surface area contributed by atoms with E-state index < -0.39 is 6.36 Å². The highest BCUT2D eigenvalue weighted by Crippen LogP contribution is 2.30. The Labute approximate surface area is 187 Å². The number of nitrogens with one attached hydrogen (secondary N) is 2. The first-order valence-electron chi connectivity index (χ1n) is 9.39. The molecular formula is C21H27Cl2F3N2O2. The van der Waals surface area contributed by atoms with E-state index in [0.29, 0.717) is 17.9 Å². The van der Waals surface area contributed by atoms with Crippen molar-refractivity contribution in [3.8, 4) is 11.5 Å². The van der Waals surface area contributed by atoms with Gasteiger partial charge in [-0.25, -0.2) is 0 Å². The summed E-state index contributed by atoms with van der Waals surface area (Å²) in [7, 11) is 0. The number of hydrogen-bond acceptors (Lipinski definition) is 4. The van der Waals surface area contributed by atoms with E-state index >= 15 is 0 Å². The molecule has 1 aliphatic rings. The molecule has 168 valence electrons. The Morgan fingerprint density at radius 1 is 1.10 bits per heavy atom. The number of alkyl halides is 3. The molecular weight excluding hydrogens is 440 g/mol. The quantitative estimate of drug-likeness (QED) is 0.572. The van der Waals surface area contributed by atoms with Gasteiger partial charge >= 0.3 is 6.36 Å². The van der Waals surface area contributed by atoms with E-state index in [0.717, 1.165) is 13.0 Å². The van der Waals surface area contributed by atoms with Gasteiger partial charge in [-0.3, -0.25) is 0 Å². The van der Waals surface area contributed by atoms with Crippen molar-refractivity contribution in [1.29, 1.82) is 0 Å². The van der Waals surface area contributed by atoms with E-state index in [2.05, 4.69) is 27.5 Å². The highest BCUT2D eigenvalue weighted by molar-refractivity contribution is 5.85. The Kier molecular flexibility index (Phi) is 10.2. The van der Waals surface area contributed by atoms with E-state index in [4.69, 9.17) is 4.74 Å². The van der Waals surface area contributed by atoms with E-state index in [1.165, 1.54) is 23.8 Å². The van der Waals surface area contributed by atoms with Gasteiger partial charge < -0.3 is 20.1 Å². The molecule has 1 fully saturated rings. The lowest BCUT2D eigenvalue weighted by molar-refractivity contribution is -0.274. The monoisotopic (exact) mass is 466 g/mol. The van der Waals surface area contributed by atoms with Crippen molar-refractivity contribution in [2.24, 2.45) is 0 Å². The molecule has 2 N–H and O–H groups in total. The second kappa shape index (κ2) is 11.6. The fourth-order valence-electron chi connectivity index (χ4n) is 3.43. The minimum atomic E-state index is -4.72. The molecule has 4 nitrogen and oxygen atoms in total. The molecule has 1 aliphatic heterocycles. The van der Waals surface area contributed by atoms with Crippen LogP contribution in [-0.4, -0.2) is 25.1 Å². The fraction of sp³-hybridized carbons (Fsp3) is 0.429. The predicted molar refractivity (Wildman–Crippen MR) is 116 cm³/mol. The van der Waals surface area contributed by atoms with Crippen molar-refractivity contribution in [3.05, 3.63) is 59.7 Å². The first-order chi connectivity index (χ1) is 13.3. The van der Waals surface area contributed by atoms with Gasteiger partial charge in [-0.15, -0.1) is 38.0 Å².